The standard InChI is InChI=1S/C13H18N2O2/c1-9-2-3-11(12(14)8-9)13(17)15-6-4-10(16)5-7-15/h2-3,8,10,16H,4-7,14H2,1H3. The fraction of sp³-hybridized carbons (Fsp3) is 0.462. The molecule has 0 radical (unpaired) electrons. The first-order valence-electron chi connectivity index (χ1n) is 5.91. The number of aliphatic hydroxyl groups excluding tert-OH is 1. The number of aryl methyl sites for hydroxylation is 1. The Balaban J connectivity index is 2.14. The van der Waals surface area contributed by atoms with Crippen LogP contribution < -0.4 is 5.73 Å². The van der Waals surface area contributed by atoms with E-state index in [9.17, 15) is 9.90 Å². The third kappa shape index (κ3) is 2.58. The largest absolute Gasteiger partial charge is 0.398 e. The van der Waals surface area contributed by atoms with Crippen LogP contribution in [0.25, 0.3) is 0 Å². The van der Waals surface area contributed by atoms with Crippen LogP contribution in [0.3, 0.4) is 0 Å². The minimum Gasteiger partial charge on any atom is -0.398 e. The van der Waals surface area contributed by atoms with E-state index in [1.807, 2.05) is 19.1 Å². The summed E-state index contributed by atoms with van der Waals surface area (Å²) in [5.74, 6) is -0.0330. The number of nitrogens with two attached hydrogens (primary N) is 1. The van der Waals surface area contributed by atoms with Gasteiger partial charge in [0.15, 0.2) is 0 Å². The normalized spacial score (nSPS) is 17.2. The van der Waals surface area contributed by atoms with E-state index in [0.29, 0.717) is 37.2 Å². The number of carbonyl (C=O) groups excluding carboxylic acids is 1. The highest BCUT2D eigenvalue weighted by Gasteiger charge is 2.23. The first kappa shape index (κ1) is 11.9. The summed E-state index contributed by atoms with van der Waals surface area (Å²) >= 11 is 0. The summed E-state index contributed by atoms with van der Waals surface area (Å²) < 4.78 is 0. The van der Waals surface area contributed by atoms with Crippen molar-refractivity contribution in [3.05, 3.63) is 29.3 Å². The summed E-state index contributed by atoms with van der Waals surface area (Å²) in [5.41, 5.74) is 8.00. The smallest absolute Gasteiger partial charge is 0.255 e. The van der Waals surface area contributed by atoms with E-state index in [-0.39, 0.29) is 12.0 Å². The first-order chi connectivity index (χ1) is 8.08. The molecular weight excluding hydrogens is 216 g/mol. The molecule has 0 bridgehead atoms. The lowest BCUT2D eigenvalue weighted by Gasteiger charge is -2.30. The van der Waals surface area contributed by atoms with Crippen LogP contribution in [-0.4, -0.2) is 35.1 Å². The van der Waals surface area contributed by atoms with E-state index < -0.39 is 0 Å². The first-order valence-corrected chi connectivity index (χ1v) is 5.91. The van der Waals surface area contributed by atoms with E-state index in [4.69, 9.17) is 5.73 Å². The van der Waals surface area contributed by atoms with Crippen LogP contribution in [0.5, 0.6) is 0 Å². The molecule has 0 aromatic heterocycles. The van der Waals surface area contributed by atoms with Crippen molar-refractivity contribution in [1.29, 1.82) is 0 Å². The van der Waals surface area contributed by atoms with Crippen LogP contribution in [0.2, 0.25) is 0 Å². The lowest BCUT2D eigenvalue weighted by atomic mass is 10.0. The molecule has 0 saturated carbocycles. The molecule has 1 saturated heterocycles. The van der Waals surface area contributed by atoms with Crippen LogP contribution in [0.15, 0.2) is 18.2 Å². The molecule has 1 aliphatic heterocycles. The summed E-state index contributed by atoms with van der Waals surface area (Å²) in [5, 5.41) is 9.41. The maximum atomic E-state index is 12.2. The third-order valence-corrected chi connectivity index (χ3v) is 3.19. The average molecular weight is 234 g/mol. The number of nitrogens with zero attached hydrogens (tertiary/aromatic N) is 1. The number of anilines is 1. The molecule has 1 fully saturated rings. The summed E-state index contributed by atoms with van der Waals surface area (Å²) in [6.07, 6.45) is 1.03. The lowest BCUT2D eigenvalue weighted by Crippen LogP contribution is -2.40. The molecule has 1 aromatic carbocycles. The lowest BCUT2D eigenvalue weighted by molar-refractivity contribution is 0.0547. The SMILES string of the molecule is Cc1ccc(C(=O)N2CCC(O)CC2)c(N)c1. The van der Waals surface area contributed by atoms with E-state index in [0.717, 1.165) is 5.56 Å². The van der Waals surface area contributed by atoms with Gasteiger partial charge in [0.05, 0.1) is 11.7 Å². The van der Waals surface area contributed by atoms with Crippen LogP contribution in [0.4, 0.5) is 5.69 Å². The summed E-state index contributed by atoms with van der Waals surface area (Å²) in [7, 11) is 0. The highest BCUT2D eigenvalue weighted by molar-refractivity contribution is 5.99. The van der Waals surface area contributed by atoms with Crippen LogP contribution in [0, 0.1) is 6.92 Å². The number of amides is 1. The molecule has 1 aliphatic rings. The Morgan fingerprint density at radius 1 is 1.41 bits per heavy atom. The Morgan fingerprint density at radius 2 is 2.06 bits per heavy atom. The third-order valence-electron chi connectivity index (χ3n) is 3.19. The molecule has 0 unspecified atom stereocenters. The van der Waals surface area contributed by atoms with E-state index in [2.05, 4.69) is 0 Å². The van der Waals surface area contributed by atoms with Gasteiger partial charge in [-0.2, -0.15) is 0 Å². The Hall–Kier alpha value is -1.55. The molecule has 1 aromatic rings. The van der Waals surface area contributed by atoms with Crippen molar-refractivity contribution in [2.45, 2.75) is 25.9 Å². The fourth-order valence-electron chi connectivity index (χ4n) is 2.12. The predicted molar refractivity (Wildman–Crippen MR) is 66.7 cm³/mol. The maximum Gasteiger partial charge on any atom is 0.255 e. The van der Waals surface area contributed by atoms with Crippen molar-refractivity contribution >= 4 is 11.6 Å². The summed E-state index contributed by atoms with van der Waals surface area (Å²) in [6, 6.07) is 5.48. The number of hydrogen-bond acceptors (Lipinski definition) is 3. The number of likely N-dealkylation sites (tertiary alicyclic amines) is 1. The Kier molecular flexibility index (Phi) is 3.33. The molecular formula is C13H18N2O2. The van der Waals surface area contributed by atoms with Gasteiger partial charge in [0.2, 0.25) is 0 Å². The fourth-order valence-corrected chi connectivity index (χ4v) is 2.12. The van der Waals surface area contributed by atoms with Crippen molar-refractivity contribution in [3.8, 4) is 0 Å². The minimum atomic E-state index is -0.269. The van der Waals surface area contributed by atoms with Crippen molar-refractivity contribution < 1.29 is 9.90 Å². The maximum absolute atomic E-state index is 12.2. The van der Waals surface area contributed by atoms with Crippen molar-refractivity contribution in [2.75, 3.05) is 18.8 Å². The number of rotatable bonds is 1. The molecule has 4 nitrogen and oxygen atoms in total. The highest BCUT2D eigenvalue weighted by Crippen LogP contribution is 2.19. The van der Waals surface area contributed by atoms with Gasteiger partial charge in [-0.25, -0.2) is 0 Å². The summed E-state index contributed by atoms with van der Waals surface area (Å²) in [4.78, 5) is 14.0. The van der Waals surface area contributed by atoms with Crippen molar-refractivity contribution in [3.63, 3.8) is 0 Å². The molecule has 3 N–H and O–H groups in total. The van der Waals surface area contributed by atoms with Gasteiger partial charge in [0, 0.05) is 18.8 Å². The zero-order valence-corrected chi connectivity index (χ0v) is 10.0. The predicted octanol–water partition coefficient (Wildman–Crippen LogP) is 1.17. The van der Waals surface area contributed by atoms with Gasteiger partial charge in [0.25, 0.3) is 5.91 Å². The zero-order chi connectivity index (χ0) is 12.4. The number of carbonyl (C=O) groups is 1. The van der Waals surface area contributed by atoms with Gasteiger partial charge in [-0.05, 0) is 37.5 Å². The molecule has 17 heavy (non-hydrogen) atoms. The Bertz CT molecular complexity index is 423. The zero-order valence-electron chi connectivity index (χ0n) is 10.0. The molecule has 1 amide bonds. The van der Waals surface area contributed by atoms with Gasteiger partial charge >= 0.3 is 0 Å². The van der Waals surface area contributed by atoms with Crippen LogP contribution in [0.1, 0.15) is 28.8 Å². The Labute approximate surface area is 101 Å². The molecule has 4 heteroatoms. The molecule has 92 valence electrons. The molecule has 0 aliphatic carbocycles. The van der Waals surface area contributed by atoms with E-state index in [1.165, 1.54) is 0 Å². The number of aliphatic hydroxyl groups is 1. The molecule has 0 spiro atoms. The van der Waals surface area contributed by atoms with Gasteiger partial charge < -0.3 is 15.7 Å². The average Bonchev–Trinajstić information content (AvgIpc) is 2.29. The van der Waals surface area contributed by atoms with Gasteiger partial charge in [0.1, 0.15) is 0 Å². The summed E-state index contributed by atoms with van der Waals surface area (Å²) in [6.45, 7) is 3.16. The quantitative estimate of drug-likeness (QED) is 0.717. The second-order valence-electron chi connectivity index (χ2n) is 4.61. The second-order valence-corrected chi connectivity index (χ2v) is 4.61. The van der Waals surface area contributed by atoms with Crippen molar-refractivity contribution in [2.24, 2.45) is 0 Å². The number of benzene rings is 1. The number of nitrogen functional groups attached to an aromatic ring is 1. The Morgan fingerprint density at radius 3 is 2.65 bits per heavy atom. The minimum absolute atomic E-state index is 0.0330. The second kappa shape index (κ2) is 4.75. The molecule has 2 rings (SSSR count). The highest BCUT2D eigenvalue weighted by atomic mass is 16.3. The van der Waals surface area contributed by atoms with Gasteiger partial charge in [-0.15, -0.1) is 0 Å². The molecule has 1 heterocycles. The monoisotopic (exact) mass is 234 g/mol. The van der Waals surface area contributed by atoms with Gasteiger partial charge in [-0.3, -0.25) is 4.79 Å². The van der Waals surface area contributed by atoms with E-state index >= 15 is 0 Å². The van der Waals surface area contributed by atoms with E-state index in [1.54, 1.807) is 11.0 Å². The number of hydrogen-bond donors (Lipinski definition) is 2. The van der Waals surface area contributed by atoms with Crippen LogP contribution in [-0.2, 0) is 0 Å². The van der Waals surface area contributed by atoms with Gasteiger partial charge in [-0.1, -0.05) is 6.07 Å². The number of piperidine rings is 1. The van der Waals surface area contributed by atoms with Crippen LogP contribution >= 0.6 is 0 Å². The molecule has 0 atom stereocenters. The van der Waals surface area contributed by atoms with Crippen molar-refractivity contribution in [1.82, 2.24) is 4.90 Å². The topological polar surface area (TPSA) is 66.6 Å².